The van der Waals surface area contributed by atoms with Crippen molar-refractivity contribution in [3.05, 3.63) is 45.9 Å². The lowest BCUT2D eigenvalue weighted by Gasteiger charge is -2.30. The molecule has 3 aliphatic rings. The van der Waals surface area contributed by atoms with Crippen molar-refractivity contribution in [2.24, 2.45) is 5.92 Å². The molecule has 1 aromatic carbocycles. The number of urea groups is 1. The van der Waals surface area contributed by atoms with E-state index in [2.05, 4.69) is 17.1 Å². The third-order valence-electron chi connectivity index (χ3n) is 6.00. The number of piperidine rings is 1. The van der Waals surface area contributed by atoms with Gasteiger partial charge in [-0.05, 0) is 37.2 Å². The minimum atomic E-state index is -0.0348. The highest BCUT2D eigenvalue weighted by atomic mass is 32.1. The number of fused-ring (bicyclic) bond motifs is 2. The number of hydrogen-bond acceptors (Lipinski definition) is 5. The minimum absolute atomic E-state index is 0.0348. The molecule has 0 N–H and O–H groups in total. The van der Waals surface area contributed by atoms with Crippen LogP contribution in [-0.2, 0) is 11.4 Å². The highest BCUT2D eigenvalue weighted by Crippen LogP contribution is 2.45. The van der Waals surface area contributed by atoms with Gasteiger partial charge in [0.15, 0.2) is 0 Å². The van der Waals surface area contributed by atoms with E-state index in [0.717, 1.165) is 34.3 Å². The summed E-state index contributed by atoms with van der Waals surface area (Å²) in [6, 6.07) is 10.1. The van der Waals surface area contributed by atoms with E-state index in [-0.39, 0.29) is 18.1 Å². The van der Waals surface area contributed by atoms with Crippen molar-refractivity contribution in [2.45, 2.75) is 57.2 Å². The molecule has 2 atom stereocenters. The predicted octanol–water partition coefficient (Wildman–Crippen LogP) is 4.12. The number of amides is 2. The fourth-order valence-corrected chi connectivity index (χ4v) is 5.54. The number of hydroxylamine groups is 2. The van der Waals surface area contributed by atoms with E-state index in [1.807, 2.05) is 35.2 Å². The molecule has 0 radical (unpaired) electrons. The van der Waals surface area contributed by atoms with E-state index < -0.39 is 0 Å². The molecule has 27 heavy (non-hydrogen) atoms. The second kappa shape index (κ2) is 6.87. The SMILES string of the molecule is C[C@H]1C[C@@H](c2nnc([C@@H]3CC[C@@H]4CN3C(=O)N4OCc3ccccc3)s2)C1. The number of nitrogens with zero attached hydrogens (tertiary/aromatic N) is 4. The highest BCUT2D eigenvalue weighted by molar-refractivity contribution is 7.11. The summed E-state index contributed by atoms with van der Waals surface area (Å²) in [4.78, 5) is 20.7. The molecule has 2 bridgehead atoms. The summed E-state index contributed by atoms with van der Waals surface area (Å²) in [6.45, 7) is 3.42. The summed E-state index contributed by atoms with van der Waals surface area (Å²) >= 11 is 1.70. The molecule has 1 saturated carbocycles. The molecular formula is C20H24N4O2S. The van der Waals surface area contributed by atoms with Crippen molar-refractivity contribution >= 4 is 17.4 Å². The maximum Gasteiger partial charge on any atom is 0.344 e. The van der Waals surface area contributed by atoms with Gasteiger partial charge >= 0.3 is 6.03 Å². The largest absolute Gasteiger partial charge is 0.344 e. The molecule has 2 aliphatic heterocycles. The number of carbonyl (C=O) groups is 1. The lowest BCUT2D eigenvalue weighted by atomic mass is 9.77. The molecule has 142 valence electrons. The van der Waals surface area contributed by atoms with Gasteiger partial charge < -0.3 is 4.90 Å². The van der Waals surface area contributed by atoms with Gasteiger partial charge in [0.2, 0.25) is 0 Å². The number of benzene rings is 1. The average molecular weight is 385 g/mol. The van der Waals surface area contributed by atoms with Crippen LogP contribution in [0.1, 0.15) is 60.1 Å². The van der Waals surface area contributed by atoms with Gasteiger partial charge in [-0.3, -0.25) is 4.84 Å². The van der Waals surface area contributed by atoms with E-state index in [4.69, 9.17) is 4.84 Å². The first kappa shape index (κ1) is 17.1. The second-order valence-corrected chi connectivity index (χ2v) is 9.06. The van der Waals surface area contributed by atoms with E-state index in [9.17, 15) is 4.79 Å². The van der Waals surface area contributed by atoms with Gasteiger partial charge in [-0.15, -0.1) is 10.2 Å². The summed E-state index contributed by atoms with van der Waals surface area (Å²) in [5, 5.41) is 12.6. The molecule has 7 heteroatoms. The second-order valence-electron chi connectivity index (χ2n) is 8.02. The van der Waals surface area contributed by atoms with Crippen molar-refractivity contribution in [3.8, 4) is 0 Å². The first-order chi connectivity index (χ1) is 13.2. The van der Waals surface area contributed by atoms with Crippen molar-refractivity contribution in [1.29, 1.82) is 0 Å². The lowest BCUT2D eigenvalue weighted by molar-refractivity contribution is -0.140. The third-order valence-corrected chi connectivity index (χ3v) is 7.19. The molecule has 3 heterocycles. The Labute approximate surface area is 163 Å². The van der Waals surface area contributed by atoms with Gasteiger partial charge in [0.05, 0.1) is 12.1 Å². The van der Waals surface area contributed by atoms with Crippen LogP contribution in [0.5, 0.6) is 0 Å². The highest BCUT2D eigenvalue weighted by Gasteiger charge is 2.47. The van der Waals surface area contributed by atoms with Gasteiger partial charge in [0.25, 0.3) is 0 Å². The summed E-state index contributed by atoms with van der Waals surface area (Å²) in [6.07, 6.45) is 4.30. The van der Waals surface area contributed by atoms with Crippen LogP contribution in [0.4, 0.5) is 4.79 Å². The van der Waals surface area contributed by atoms with Crippen LogP contribution in [0.25, 0.3) is 0 Å². The predicted molar refractivity (Wildman–Crippen MR) is 102 cm³/mol. The van der Waals surface area contributed by atoms with Crippen molar-refractivity contribution < 1.29 is 9.63 Å². The zero-order chi connectivity index (χ0) is 18.4. The van der Waals surface area contributed by atoms with Crippen LogP contribution in [0.3, 0.4) is 0 Å². The maximum atomic E-state index is 12.9. The number of hydrogen-bond donors (Lipinski definition) is 0. The Hall–Kier alpha value is -1.99. The molecule has 2 amide bonds. The summed E-state index contributed by atoms with van der Waals surface area (Å²) < 4.78 is 0. The number of aromatic nitrogens is 2. The Balaban J connectivity index is 1.26. The Morgan fingerprint density at radius 2 is 1.93 bits per heavy atom. The van der Waals surface area contributed by atoms with E-state index in [0.29, 0.717) is 19.1 Å². The van der Waals surface area contributed by atoms with Crippen molar-refractivity contribution in [3.63, 3.8) is 0 Å². The van der Waals surface area contributed by atoms with E-state index in [1.54, 1.807) is 16.4 Å². The molecule has 3 fully saturated rings. The van der Waals surface area contributed by atoms with Gasteiger partial charge in [0.1, 0.15) is 16.6 Å². The Bertz CT molecular complexity index is 820. The van der Waals surface area contributed by atoms with Crippen LogP contribution < -0.4 is 0 Å². The standard InChI is InChI=1S/C20H24N4O2S/c1-13-9-15(10-13)18-21-22-19(27-18)17-8-7-16-11-23(17)20(25)24(16)26-12-14-5-3-2-4-6-14/h2-6,13,15-17H,7-12H2,1H3/t13-,15+,16-,17+/m1/s1. The van der Waals surface area contributed by atoms with E-state index >= 15 is 0 Å². The average Bonchev–Trinajstić information content (AvgIpc) is 3.23. The minimum Gasteiger partial charge on any atom is -0.311 e. The topological polar surface area (TPSA) is 58.6 Å². The van der Waals surface area contributed by atoms with Gasteiger partial charge in [-0.1, -0.05) is 48.6 Å². The summed E-state index contributed by atoms with van der Waals surface area (Å²) in [5.41, 5.74) is 1.07. The number of carbonyl (C=O) groups excluding carboxylic acids is 1. The quantitative estimate of drug-likeness (QED) is 0.778. The normalized spacial score (nSPS) is 29.9. The molecule has 0 spiro atoms. The maximum absolute atomic E-state index is 12.9. The van der Waals surface area contributed by atoms with Crippen LogP contribution >= 0.6 is 11.3 Å². The molecule has 1 aromatic heterocycles. The molecular weight excluding hydrogens is 360 g/mol. The van der Waals surface area contributed by atoms with E-state index in [1.165, 1.54) is 12.8 Å². The first-order valence-electron chi connectivity index (χ1n) is 9.79. The Morgan fingerprint density at radius 3 is 2.70 bits per heavy atom. The van der Waals surface area contributed by atoms with Crippen molar-refractivity contribution in [1.82, 2.24) is 20.2 Å². The Kier molecular flexibility index (Phi) is 4.36. The van der Waals surface area contributed by atoms with Crippen LogP contribution in [0, 0.1) is 5.92 Å². The van der Waals surface area contributed by atoms with Crippen molar-refractivity contribution in [2.75, 3.05) is 6.54 Å². The summed E-state index contributed by atoms with van der Waals surface area (Å²) in [7, 11) is 0. The summed E-state index contributed by atoms with van der Waals surface area (Å²) in [5.74, 6) is 1.37. The zero-order valence-corrected chi connectivity index (χ0v) is 16.3. The third kappa shape index (κ3) is 3.12. The zero-order valence-electron chi connectivity index (χ0n) is 15.5. The van der Waals surface area contributed by atoms with Crippen LogP contribution in [0.2, 0.25) is 0 Å². The van der Waals surface area contributed by atoms with Gasteiger partial charge in [0, 0.05) is 12.5 Å². The van der Waals surface area contributed by atoms with Gasteiger partial charge in [-0.2, -0.15) is 5.06 Å². The van der Waals surface area contributed by atoms with Gasteiger partial charge in [-0.25, -0.2) is 4.79 Å². The molecule has 1 aliphatic carbocycles. The molecule has 2 saturated heterocycles. The molecule has 6 nitrogen and oxygen atoms in total. The number of rotatable bonds is 5. The first-order valence-corrected chi connectivity index (χ1v) is 10.6. The fourth-order valence-electron chi connectivity index (χ4n) is 4.42. The van der Waals surface area contributed by atoms with Crippen LogP contribution in [-0.4, -0.2) is 38.8 Å². The lowest BCUT2D eigenvalue weighted by Crippen LogP contribution is -2.33. The smallest absolute Gasteiger partial charge is 0.311 e. The molecule has 0 unspecified atom stereocenters. The van der Waals surface area contributed by atoms with Crippen LogP contribution in [0.15, 0.2) is 30.3 Å². The fraction of sp³-hybridized carbons (Fsp3) is 0.550. The monoisotopic (exact) mass is 384 g/mol. The Morgan fingerprint density at radius 1 is 1.15 bits per heavy atom. The molecule has 2 aromatic rings. The molecule has 5 rings (SSSR count).